The Morgan fingerprint density at radius 2 is 1.32 bits per heavy atom. The van der Waals surface area contributed by atoms with Crippen molar-refractivity contribution in [3.05, 3.63) is 0 Å². The van der Waals surface area contributed by atoms with E-state index in [-0.39, 0.29) is 19.0 Å². The molecule has 0 aliphatic heterocycles. The fourth-order valence-electron chi connectivity index (χ4n) is 0.745. The Morgan fingerprint density at radius 3 is 1.42 bits per heavy atom. The van der Waals surface area contributed by atoms with Crippen LogP contribution in [0.2, 0.25) is 0 Å². The van der Waals surface area contributed by atoms with Crippen LogP contribution in [0.3, 0.4) is 0 Å². The first-order valence-electron chi connectivity index (χ1n) is 5.21. The molecule has 0 saturated heterocycles. The van der Waals surface area contributed by atoms with E-state index in [9.17, 15) is 36.7 Å². The summed E-state index contributed by atoms with van der Waals surface area (Å²) in [7, 11) is 0. The van der Waals surface area contributed by atoms with Crippen LogP contribution in [0.5, 0.6) is 0 Å². The van der Waals surface area contributed by atoms with Crippen LogP contribution < -0.4 is 0 Å². The highest BCUT2D eigenvalue weighted by Gasteiger charge is 2.37. The molecule has 0 rings (SSSR count). The van der Waals surface area contributed by atoms with Gasteiger partial charge in [-0.3, -0.25) is 9.59 Å². The average Bonchev–Trinajstić information content (AvgIpc) is 2.39. The predicted molar refractivity (Wildman–Crippen MR) is 57.1 cm³/mol. The summed E-state index contributed by atoms with van der Waals surface area (Å²) in [6.45, 7) is 2.41. The number of carbonyl (C=O) groups is 4. The highest BCUT2D eigenvalue weighted by Crippen LogP contribution is 2.22. The summed E-state index contributed by atoms with van der Waals surface area (Å²) in [4.78, 5) is 38.8. The van der Waals surface area contributed by atoms with Crippen LogP contribution in [0.4, 0.5) is 17.6 Å². The van der Waals surface area contributed by atoms with Crippen molar-refractivity contribution >= 4 is 25.1 Å². The highest BCUT2D eigenvalue weighted by molar-refractivity contribution is 5.69. The molecule has 110 valence electrons. The van der Waals surface area contributed by atoms with Gasteiger partial charge in [0.2, 0.25) is 0 Å². The van der Waals surface area contributed by atoms with Crippen LogP contribution >= 0.6 is 0 Å². The van der Waals surface area contributed by atoms with Gasteiger partial charge in [0.25, 0.3) is 0 Å². The van der Waals surface area contributed by atoms with Gasteiger partial charge in [-0.15, -0.1) is 0 Å². The third kappa shape index (κ3) is 6.78. The normalized spacial score (nSPS) is 14.4. The predicted octanol–water partition coefficient (Wildman–Crippen LogP) is 1.70. The monoisotopic (exact) mass is 286 g/mol. The molecule has 0 aromatic heterocycles. The van der Waals surface area contributed by atoms with E-state index in [4.69, 9.17) is 0 Å². The molecule has 0 spiro atoms. The van der Waals surface area contributed by atoms with Gasteiger partial charge in [0, 0.05) is 0 Å². The fraction of sp³-hybridized carbons (Fsp3) is 0.636. The molecule has 0 aliphatic carbocycles. The van der Waals surface area contributed by atoms with Crippen molar-refractivity contribution in [1.29, 1.82) is 0 Å². The number of hydrogen-bond donors (Lipinski definition) is 0. The zero-order chi connectivity index (χ0) is 15.7. The first kappa shape index (κ1) is 19.7. The quantitative estimate of drug-likeness (QED) is 0.527. The average molecular weight is 286 g/mol. The second kappa shape index (κ2) is 8.49. The number of rotatable bonds is 7. The number of hydrogen-bond acceptors (Lipinski definition) is 4. The second-order valence-corrected chi connectivity index (χ2v) is 3.66. The molecule has 0 amide bonds. The largest absolute Gasteiger partial charge is 0.311 e. The van der Waals surface area contributed by atoms with Gasteiger partial charge in [-0.05, 0) is 13.3 Å². The Labute approximate surface area is 107 Å². The maximum Gasteiger partial charge on any atom is 0.311 e. The van der Waals surface area contributed by atoms with Gasteiger partial charge >= 0.3 is 11.8 Å². The number of alkyl halides is 4. The van der Waals surface area contributed by atoms with Crippen molar-refractivity contribution in [2.24, 2.45) is 11.8 Å². The number of halogens is 4. The Kier molecular flexibility index (Phi) is 8.82. The van der Waals surface area contributed by atoms with E-state index in [1.54, 1.807) is 0 Å². The van der Waals surface area contributed by atoms with Gasteiger partial charge in [-0.2, -0.15) is 17.6 Å². The van der Waals surface area contributed by atoms with Gasteiger partial charge in [0.05, 0.1) is 11.8 Å². The van der Waals surface area contributed by atoms with Crippen LogP contribution in [0, 0.1) is 11.8 Å². The van der Waals surface area contributed by atoms with E-state index >= 15 is 0 Å². The van der Waals surface area contributed by atoms with E-state index in [1.165, 1.54) is 6.92 Å². The van der Waals surface area contributed by atoms with Gasteiger partial charge in [-0.1, -0.05) is 6.92 Å². The van der Waals surface area contributed by atoms with Crippen molar-refractivity contribution in [2.75, 3.05) is 0 Å². The zero-order valence-electron chi connectivity index (χ0n) is 10.3. The number of aldehydes is 4. The zero-order valence-corrected chi connectivity index (χ0v) is 10.3. The summed E-state index contributed by atoms with van der Waals surface area (Å²) >= 11 is 0. The molecule has 0 heterocycles. The molecule has 0 aromatic carbocycles. The minimum Gasteiger partial charge on any atom is -0.303 e. The molecular weight excluding hydrogens is 272 g/mol. The fourth-order valence-corrected chi connectivity index (χ4v) is 0.745. The summed E-state index contributed by atoms with van der Waals surface area (Å²) in [6.07, 6.45) is -0.875. The lowest BCUT2D eigenvalue weighted by Gasteiger charge is -2.13. The lowest BCUT2D eigenvalue weighted by Crippen LogP contribution is -2.30. The third-order valence-electron chi connectivity index (χ3n) is 2.22. The van der Waals surface area contributed by atoms with E-state index in [1.807, 2.05) is 0 Å². The van der Waals surface area contributed by atoms with E-state index in [0.29, 0.717) is 0 Å². The molecule has 0 fully saturated rings. The van der Waals surface area contributed by atoms with Crippen molar-refractivity contribution in [2.45, 2.75) is 32.1 Å². The second-order valence-electron chi connectivity index (χ2n) is 3.66. The lowest BCUT2D eigenvalue weighted by atomic mass is 10.0. The molecule has 0 aromatic rings. The molecule has 0 aliphatic rings. The lowest BCUT2D eigenvalue weighted by molar-refractivity contribution is -0.142. The van der Waals surface area contributed by atoms with Crippen molar-refractivity contribution < 1.29 is 36.7 Å². The Balaban J connectivity index is 0. The first-order chi connectivity index (χ1) is 8.62. The third-order valence-corrected chi connectivity index (χ3v) is 2.22. The first-order valence-corrected chi connectivity index (χ1v) is 5.21. The minimum absolute atomic E-state index is 0.0186. The summed E-state index contributed by atoms with van der Waals surface area (Å²) in [6, 6.07) is 0. The SMILES string of the molecule is CC(C=O)C(F)(F)C=O.CCC(C=O)C(F)(F)C=O. The summed E-state index contributed by atoms with van der Waals surface area (Å²) in [5, 5.41) is 0. The molecule has 0 N–H and O–H groups in total. The maximum atomic E-state index is 12.2. The van der Waals surface area contributed by atoms with Gasteiger partial charge in [0.1, 0.15) is 12.6 Å². The molecule has 2 unspecified atom stereocenters. The van der Waals surface area contributed by atoms with Crippen LogP contribution in [-0.2, 0) is 19.2 Å². The van der Waals surface area contributed by atoms with Crippen LogP contribution in [0.15, 0.2) is 0 Å². The molecule has 0 radical (unpaired) electrons. The topological polar surface area (TPSA) is 68.3 Å². The summed E-state index contributed by atoms with van der Waals surface area (Å²) < 4.78 is 48.3. The van der Waals surface area contributed by atoms with Crippen molar-refractivity contribution in [3.63, 3.8) is 0 Å². The van der Waals surface area contributed by atoms with Crippen molar-refractivity contribution in [1.82, 2.24) is 0 Å². The molecule has 2 atom stereocenters. The molecular formula is C11H14F4O4. The van der Waals surface area contributed by atoms with Crippen molar-refractivity contribution in [3.8, 4) is 0 Å². The number of carbonyl (C=O) groups excluding carboxylic acids is 4. The minimum atomic E-state index is -3.50. The van der Waals surface area contributed by atoms with Gasteiger partial charge < -0.3 is 9.59 Å². The van der Waals surface area contributed by atoms with E-state index in [0.717, 1.165) is 6.92 Å². The van der Waals surface area contributed by atoms with Gasteiger partial charge in [-0.25, -0.2) is 0 Å². The highest BCUT2D eigenvalue weighted by atomic mass is 19.3. The van der Waals surface area contributed by atoms with E-state index < -0.39 is 36.3 Å². The van der Waals surface area contributed by atoms with Crippen LogP contribution in [0.25, 0.3) is 0 Å². The summed E-state index contributed by atoms with van der Waals surface area (Å²) in [5.41, 5.74) is 0. The Morgan fingerprint density at radius 1 is 0.895 bits per heavy atom. The van der Waals surface area contributed by atoms with Crippen LogP contribution in [0.1, 0.15) is 20.3 Å². The summed E-state index contributed by atoms with van der Waals surface area (Å²) in [5.74, 6) is -9.97. The maximum absolute atomic E-state index is 12.2. The molecule has 0 saturated carbocycles. The molecule has 4 nitrogen and oxygen atoms in total. The van der Waals surface area contributed by atoms with Crippen LogP contribution in [-0.4, -0.2) is 37.0 Å². The Hall–Kier alpha value is -1.60. The smallest absolute Gasteiger partial charge is 0.303 e. The Bertz CT molecular complexity index is 318. The van der Waals surface area contributed by atoms with E-state index in [2.05, 4.69) is 0 Å². The molecule has 8 heteroatoms. The standard InChI is InChI=1S/C6H8F2O2.C5H6F2O2/c1-2-5(3-9)6(7,8)4-10;1-4(2-8)5(6,7)3-9/h3-5H,2H2,1H3;2-4H,1H3. The molecule has 0 bridgehead atoms. The van der Waals surface area contributed by atoms with Gasteiger partial charge in [0.15, 0.2) is 12.6 Å². The molecule has 19 heavy (non-hydrogen) atoms.